The molecule has 24 heavy (non-hydrogen) atoms. The van der Waals surface area contributed by atoms with Crippen molar-refractivity contribution >= 4 is 10.8 Å². The third-order valence-electron chi connectivity index (χ3n) is 4.49. The maximum Gasteiger partial charge on any atom is 0.127 e. The van der Waals surface area contributed by atoms with E-state index in [2.05, 4.69) is 22.1 Å². The molecule has 1 fully saturated rings. The molecule has 0 spiro atoms. The van der Waals surface area contributed by atoms with Gasteiger partial charge in [-0.1, -0.05) is 36.4 Å². The van der Waals surface area contributed by atoms with Crippen molar-refractivity contribution in [2.24, 2.45) is 0 Å². The smallest absolute Gasteiger partial charge is 0.127 e. The number of hydrogen-bond acceptors (Lipinski definition) is 4. The normalized spacial score (nSPS) is 16.9. The number of nitrogens with zero attached hydrogens (tertiary/aromatic N) is 3. The maximum atomic E-state index is 10.2. The summed E-state index contributed by atoms with van der Waals surface area (Å²) in [5, 5.41) is 16.7. The second-order valence-electron chi connectivity index (χ2n) is 6.30. The summed E-state index contributed by atoms with van der Waals surface area (Å²) in [7, 11) is 0. The van der Waals surface area contributed by atoms with Gasteiger partial charge in [0.25, 0.3) is 0 Å². The van der Waals surface area contributed by atoms with E-state index in [1.54, 1.807) is 6.20 Å². The minimum absolute atomic E-state index is 0.303. The molecule has 1 aliphatic rings. The molecule has 0 amide bonds. The van der Waals surface area contributed by atoms with Crippen LogP contribution < -0.4 is 4.74 Å². The number of ether oxygens (including phenoxy) is 1. The molecule has 0 unspecified atom stereocenters. The van der Waals surface area contributed by atoms with Crippen molar-refractivity contribution in [3.8, 4) is 5.75 Å². The van der Waals surface area contributed by atoms with Gasteiger partial charge in [-0.2, -0.15) is 5.10 Å². The van der Waals surface area contributed by atoms with Crippen LogP contribution in [0.25, 0.3) is 10.8 Å². The predicted octanol–water partition coefficient (Wildman–Crippen LogP) is 2.33. The van der Waals surface area contributed by atoms with Crippen LogP contribution in [0.1, 0.15) is 6.04 Å². The molecule has 1 saturated heterocycles. The molecular formula is C19H21N3O2. The summed E-state index contributed by atoms with van der Waals surface area (Å²) in [6.07, 6.45) is 3.29. The average Bonchev–Trinajstić information content (AvgIpc) is 3.09. The zero-order valence-electron chi connectivity index (χ0n) is 13.5. The van der Waals surface area contributed by atoms with Crippen LogP contribution in [0.3, 0.4) is 0 Å². The summed E-state index contributed by atoms with van der Waals surface area (Å²) in [6.45, 7) is 2.78. The first-order valence-corrected chi connectivity index (χ1v) is 8.30. The Balaban J connectivity index is 1.29. The summed E-state index contributed by atoms with van der Waals surface area (Å²) in [4.78, 5) is 2.23. The monoisotopic (exact) mass is 323 g/mol. The highest BCUT2D eigenvalue weighted by atomic mass is 16.5. The highest BCUT2D eigenvalue weighted by molar-refractivity contribution is 5.88. The third kappa shape index (κ3) is 3.13. The molecule has 1 aliphatic heterocycles. The lowest BCUT2D eigenvalue weighted by Gasteiger charge is -2.40. The van der Waals surface area contributed by atoms with Gasteiger partial charge >= 0.3 is 0 Å². The van der Waals surface area contributed by atoms with Gasteiger partial charge in [-0.3, -0.25) is 9.58 Å². The summed E-state index contributed by atoms with van der Waals surface area (Å²) >= 11 is 0. The van der Waals surface area contributed by atoms with Crippen LogP contribution >= 0.6 is 0 Å². The quantitative estimate of drug-likeness (QED) is 0.756. The largest absolute Gasteiger partial charge is 0.490 e. The zero-order valence-corrected chi connectivity index (χ0v) is 13.5. The Morgan fingerprint density at radius 3 is 2.79 bits per heavy atom. The van der Waals surface area contributed by atoms with E-state index in [4.69, 9.17) is 4.74 Å². The maximum absolute atomic E-state index is 10.2. The first-order chi connectivity index (χ1) is 11.8. The average molecular weight is 323 g/mol. The fraction of sp³-hybridized carbons (Fsp3) is 0.316. The van der Waals surface area contributed by atoms with Crippen molar-refractivity contribution in [1.29, 1.82) is 0 Å². The second-order valence-corrected chi connectivity index (χ2v) is 6.30. The van der Waals surface area contributed by atoms with Crippen LogP contribution in [0, 0.1) is 0 Å². The molecule has 0 saturated carbocycles. The van der Waals surface area contributed by atoms with Gasteiger partial charge in [0.05, 0.1) is 6.04 Å². The Kier molecular flexibility index (Phi) is 4.19. The molecule has 2 aromatic carbocycles. The van der Waals surface area contributed by atoms with Crippen molar-refractivity contribution in [3.05, 3.63) is 60.9 Å². The van der Waals surface area contributed by atoms with E-state index in [1.165, 1.54) is 0 Å². The Morgan fingerprint density at radius 2 is 1.96 bits per heavy atom. The lowest BCUT2D eigenvalue weighted by Crippen LogP contribution is -2.51. The highest BCUT2D eigenvalue weighted by Gasteiger charge is 2.29. The fourth-order valence-corrected chi connectivity index (χ4v) is 3.21. The van der Waals surface area contributed by atoms with E-state index in [1.807, 2.05) is 47.3 Å². The SMILES string of the molecule is O[C@H](COc1cccc2ccccc12)CN1CC(n2cccn2)C1. The van der Waals surface area contributed by atoms with Crippen LogP contribution in [-0.4, -0.2) is 52.1 Å². The number of aliphatic hydroxyl groups is 1. The molecule has 1 atom stereocenters. The molecule has 0 aliphatic carbocycles. The van der Waals surface area contributed by atoms with Gasteiger partial charge in [0, 0.05) is 37.4 Å². The Bertz CT molecular complexity index is 792. The van der Waals surface area contributed by atoms with Gasteiger partial charge in [0.15, 0.2) is 0 Å². The van der Waals surface area contributed by atoms with E-state index in [0.29, 0.717) is 19.2 Å². The van der Waals surface area contributed by atoms with Crippen molar-refractivity contribution in [2.45, 2.75) is 12.1 Å². The molecule has 1 N–H and O–H groups in total. The van der Waals surface area contributed by atoms with E-state index in [-0.39, 0.29) is 0 Å². The standard InChI is InChI=1S/C19H21N3O2/c23-17(13-21-11-16(12-21)22-10-4-9-20-22)14-24-19-8-3-6-15-5-1-2-7-18(15)19/h1-10,16-17,23H,11-14H2/t17-/m0/s1. The summed E-state index contributed by atoms with van der Waals surface area (Å²) in [6, 6.07) is 16.5. The lowest BCUT2D eigenvalue weighted by molar-refractivity contribution is 0.0207. The number of hydrogen-bond donors (Lipinski definition) is 1. The van der Waals surface area contributed by atoms with E-state index in [0.717, 1.165) is 29.6 Å². The molecule has 1 aromatic heterocycles. The predicted molar refractivity (Wildman–Crippen MR) is 93.2 cm³/mol. The number of rotatable bonds is 6. The Hall–Kier alpha value is -2.37. The molecule has 0 bridgehead atoms. The summed E-state index contributed by atoms with van der Waals surface area (Å²) < 4.78 is 7.84. The molecule has 5 heteroatoms. The molecule has 4 rings (SSSR count). The molecule has 124 valence electrons. The molecule has 2 heterocycles. The van der Waals surface area contributed by atoms with Gasteiger partial charge < -0.3 is 9.84 Å². The lowest BCUT2D eigenvalue weighted by atomic mass is 10.1. The molecule has 3 aromatic rings. The van der Waals surface area contributed by atoms with Gasteiger partial charge in [0.1, 0.15) is 18.5 Å². The number of β-amino-alcohol motifs (C(OH)–C–C–N with tert-alkyl or cyclic N) is 1. The van der Waals surface area contributed by atoms with Gasteiger partial charge in [-0.15, -0.1) is 0 Å². The van der Waals surface area contributed by atoms with E-state index >= 15 is 0 Å². The molecule has 0 radical (unpaired) electrons. The number of likely N-dealkylation sites (tertiary alicyclic amines) is 1. The summed E-state index contributed by atoms with van der Waals surface area (Å²) in [5.74, 6) is 0.824. The highest BCUT2D eigenvalue weighted by Crippen LogP contribution is 2.25. The minimum Gasteiger partial charge on any atom is -0.490 e. The van der Waals surface area contributed by atoms with Crippen molar-refractivity contribution in [1.82, 2.24) is 14.7 Å². The van der Waals surface area contributed by atoms with Crippen molar-refractivity contribution < 1.29 is 9.84 Å². The molecule has 5 nitrogen and oxygen atoms in total. The van der Waals surface area contributed by atoms with Crippen LogP contribution in [0.15, 0.2) is 60.9 Å². The first kappa shape index (κ1) is 15.2. The van der Waals surface area contributed by atoms with E-state index < -0.39 is 6.10 Å². The number of aromatic nitrogens is 2. The van der Waals surface area contributed by atoms with Gasteiger partial charge in [-0.25, -0.2) is 0 Å². The second kappa shape index (κ2) is 6.63. The fourth-order valence-electron chi connectivity index (χ4n) is 3.21. The number of fused-ring (bicyclic) bond motifs is 1. The number of benzene rings is 2. The summed E-state index contributed by atoms with van der Waals surface area (Å²) in [5.41, 5.74) is 0. The van der Waals surface area contributed by atoms with E-state index in [9.17, 15) is 5.11 Å². The van der Waals surface area contributed by atoms with Gasteiger partial charge in [-0.05, 0) is 17.5 Å². The zero-order chi connectivity index (χ0) is 16.4. The van der Waals surface area contributed by atoms with Crippen LogP contribution in [0.5, 0.6) is 5.75 Å². The molecular weight excluding hydrogens is 302 g/mol. The van der Waals surface area contributed by atoms with Crippen LogP contribution in [0.2, 0.25) is 0 Å². The first-order valence-electron chi connectivity index (χ1n) is 8.30. The Labute approximate surface area is 141 Å². The van der Waals surface area contributed by atoms with Crippen LogP contribution in [0.4, 0.5) is 0 Å². The third-order valence-corrected chi connectivity index (χ3v) is 4.49. The topological polar surface area (TPSA) is 50.5 Å². The minimum atomic E-state index is -0.498. The number of aliphatic hydroxyl groups excluding tert-OH is 1. The van der Waals surface area contributed by atoms with Crippen molar-refractivity contribution in [3.63, 3.8) is 0 Å². The van der Waals surface area contributed by atoms with Gasteiger partial charge in [0.2, 0.25) is 0 Å². The van der Waals surface area contributed by atoms with Crippen molar-refractivity contribution in [2.75, 3.05) is 26.2 Å². The van der Waals surface area contributed by atoms with Crippen LogP contribution in [-0.2, 0) is 0 Å². The Morgan fingerprint density at radius 1 is 1.12 bits per heavy atom.